The highest BCUT2D eigenvalue weighted by Crippen LogP contribution is 2.38. The van der Waals surface area contributed by atoms with Crippen LogP contribution in [0.4, 0.5) is 5.82 Å². The quantitative estimate of drug-likeness (QED) is 0.897. The van der Waals surface area contributed by atoms with Crippen LogP contribution in [0.3, 0.4) is 0 Å². The average molecular weight is 272 g/mol. The summed E-state index contributed by atoms with van der Waals surface area (Å²) >= 11 is 0. The van der Waals surface area contributed by atoms with Crippen LogP contribution < -0.4 is 10.2 Å². The number of nitrogens with one attached hydrogen (secondary N) is 1. The summed E-state index contributed by atoms with van der Waals surface area (Å²) in [6.07, 6.45) is 11.2. The predicted octanol–water partition coefficient (Wildman–Crippen LogP) is 2.28. The van der Waals surface area contributed by atoms with Crippen LogP contribution in [0, 0.1) is 5.92 Å². The number of fused-ring (bicyclic) bond motifs is 1. The Labute approximate surface area is 121 Å². The first-order valence-corrected chi connectivity index (χ1v) is 8.23. The summed E-state index contributed by atoms with van der Waals surface area (Å²) in [5, 5.41) is 3.48. The molecule has 2 fully saturated rings. The number of hydrogen-bond donors (Lipinski definition) is 1. The van der Waals surface area contributed by atoms with E-state index in [1.54, 1.807) is 6.33 Å². The van der Waals surface area contributed by atoms with Gasteiger partial charge in [-0.05, 0) is 31.6 Å². The van der Waals surface area contributed by atoms with Gasteiger partial charge in [0, 0.05) is 37.7 Å². The Morgan fingerprint density at radius 3 is 2.90 bits per heavy atom. The van der Waals surface area contributed by atoms with Crippen LogP contribution in [0.15, 0.2) is 6.33 Å². The molecule has 0 bridgehead atoms. The number of rotatable bonds is 2. The van der Waals surface area contributed by atoms with Gasteiger partial charge in [0.05, 0.1) is 5.69 Å². The molecular formula is C16H24N4. The van der Waals surface area contributed by atoms with Crippen LogP contribution in [0.5, 0.6) is 0 Å². The molecule has 2 aliphatic heterocycles. The third-order valence-electron chi connectivity index (χ3n) is 5.37. The molecule has 20 heavy (non-hydrogen) atoms. The monoisotopic (exact) mass is 272 g/mol. The molecular weight excluding hydrogens is 248 g/mol. The Kier molecular flexibility index (Phi) is 3.34. The molecule has 1 atom stereocenters. The van der Waals surface area contributed by atoms with Crippen LogP contribution >= 0.6 is 0 Å². The van der Waals surface area contributed by atoms with E-state index in [1.165, 1.54) is 62.1 Å². The third kappa shape index (κ3) is 2.10. The largest absolute Gasteiger partial charge is 0.353 e. The van der Waals surface area contributed by atoms with Gasteiger partial charge in [0.15, 0.2) is 0 Å². The molecule has 1 saturated heterocycles. The van der Waals surface area contributed by atoms with Crippen LogP contribution in [0.2, 0.25) is 0 Å². The van der Waals surface area contributed by atoms with E-state index in [2.05, 4.69) is 20.2 Å². The van der Waals surface area contributed by atoms with Crippen molar-refractivity contribution in [1.82, 2.24) is 15.3 Å². The summed E-state index contributed by atoms with van der Waals surface area (Å²) in [4.78, 5) is 11.8. The molecule has 4 heteroatoms. The first kappa shape index (κ1) is 12.6. The molecule has 1 aromatic heterocycles. The average Bonchev–Trinajstić information content (AvgIpc) is 3.17. The zero-order valence-electron chi connectivity index (χ0n) is 12.1. The summed E-state index contributed by atoms with van der Waals surface area (Å²) in [5.41, 5.74) is 2.63. The van der Waals surface area contributed by atoms with Crippen LogP contribution in [-0.2, 0) is 13.0 Å². The van der Waals surface area contributed by atoms with Crippen LogP contribution in [0.25, 0.3) is 0 Å². The third-order valence-corrected chi connectivity index (χ3v) is 5.37. The molecule has 0 aromatic carbocycles. The Morgan fingerprint density at radius 1 is 1.10 bits per heavy atom. The normalized spacial score (nSPS) is 27.0. The highest BCUT2D eigenvalue weighted by Gasteiger charge is 2.35. The highest BCUT2D eigenvalue weighted by molar-refractivity contribution is 5.51. The second-order valence-electron chi connectivity index (χ2n) is 6.50. The van der Waals surface area contributed by atoms with Crippen molar-refractivity contribution in [3.05, 3.63) is 17.6 Å². The number of anilines is 1. The maximum atomic E-state index is 4.67. The minimum absolute atomic E-state index is 0.735. The Hall–Kier alpha value is -1.16. The molecule has 1 saturated carbocycles. The molecule has 3 heterocycles. The topological polar surface area (TPSA) is 41.1 Å². The number of hydrogen-bond acceptors (Lipinski definition) is 4. The molecule has 108 valence electrons. The van der Waals surface area contributed by atoms with Crippen molar-refractivity contribution < 1.29 is 0 Å². The highest BCUT2D eigenvalue weighted by atomic mass is 15.2. The Balaban J connectivity index is 1.65. The molecule has 1 unspecified atom stereocenters. The van der Waals surface area contributed by atoms with Crippen molar-refractivity contribution in [2.45, 2.75) is 57.5 Å². The van der Waals surface area contributed by atoms with Crippen molar-refractivity contribution in [2.75, 3.05) is 18.0 Å². The van der Waals surface area contributed by atoms with Crippen molar-refractivity contribution in [1.29, 1.82) is 0 Å². The van der Waals surface area contributed by atoms with Crippen molar-refractivity contribution in [3.8, 4) is 0 Å². The summed E-state index contributed by atoms with van der Waals surface area (Å²) < 4.78 is 0. The lowest BCUT2D eigenvalue weighted by atomic mass is 9.95. The van der Waals surface area contributed by atoms with E-state index in [4.69, 9.17) is 0 Å². The molecule has 1 N–H and O–H groups in total. The first-order valence-electron chi connectivity index (χ1n) is 8.23. The van der Waals surface area contributed by atoms with E-state index in [1.807, 2.05) is 0 Å². The lowest BCUT2D eigenvalue weighted by molar-refractivity contribution is 0.428. The summed E-state index contributed by atoms with van der Waals surface area (Å²) in [6, 6.07) is 0.735. The fourth-order valence-electron chi connectivity index (χ4n) is 4.39. The standard InChI is InChI=1S/C16H24N4/c1-2-5-12(4-1)15-6-3-9-20(15)16-13-10-17-8-7-14(13)18-11-19-16/h11-12,15,17H,1-10H2. The van der Waals surface area contributed by atoms with Gasteiger partial charge in [-0.3, -0.25) is 0 Å². The Morgan fingerprint density at radius 2 is 2.00 bits per heavy atom. The smallest absolute Gasteiger partial charge is 0.137 e. The zero-order chi connectivity index (χ0) is 13.4. The molecule has 0 spiro atoms. The van der Waals surface area contributed by atoms with Gasteiger partial charge in [0.25, 0.3) is 0 Å². The van der Waals surface area contributed by atoms with Gasteiger partial charge in [-0.25, -0.2) is 9.97 Å². The first-order chi connectivity index (χ1) is 9.93. The fraction of sp³-hybridized carbons (Fsp3) is 0.750. The minimum atomic E-state index is 0.735. The van der Waals surface area contributed by atoms with Crippen molar-refractivity contribution >= 4 is 5.82 Å². The molecule has 1 aromatic rings. The maximum Gasteiger partial charge on any atom is 0.137 e. The molecule has 4 rings (SSSR count). The SMILES string of the molecule is c1nc2c(c(N3CCCC3C3CCCC3)n1)CNCC2. The van der Waals surface area contributed by atoms with Gasteiger partial charge >= 0.3 is 0 Å². The summed E-state index contributed by atoms with van der Waals surface area (Å²) in [6.45, 7) is 3.18. The van der Waals surface area contributed by atoms with Gasteiger partial charge in [-0.2, -0.15) is 0 Å². The summed E-state index contributed by atoms with van der Waals surface area (Å²) in [7, 11) is 0. The number of nitrogens with zero attached hydrogens (tertiary/aromatic N) is 3. The van der Waals surface area contributed by atoms with Gasteiger partial charge < -0.3 is 10.2 Å². The van der Waals surface area contributed by atoms with E-state index in [-0.39, 0.29) is 0 Å². The van der Waals surface area contributed by atoms with E-state index >= 15 is 0 Å². The second-order valence-corrected chi connectivity index (χ2v) is 6.50. The molecule has 0 radical (unpaired) electrons. The van der Waals surface area contributed by atoms with E-state index in [0.29, 0.717) is 0 Å². The molecule has 0 amide bonds. The minimum Gasteiger partial charge on any atom is -0.353 e. The van der Waals surface area contributed by atoms with Crippen LogP contribution in [-0.4, -0.2) is 29.1 Å². The lowest BCUT2D eigenvalue weighted by Crippen LogP contribution is -2.37. The second kappa shape index (κ2) is 5.32. The Bertz CT molecular complexity index is 481. The van der Waals surface area contributed by atoms with Gasteiger partial charge in [0.2, 0.25) is 0 Å². The maximum absolute atomic E-state index is 4.67. The lowest BCUT2D eigenvalue weighted by Gasteiger charge is -2.33. The van der Waals surface area contributed by atoms with Crippen molar-refractivity contribution in [2.24, 2.45) is 5.92 Å². The van der Waals surface area contributed by atoms with Crippen molar-refractivity contribution in [3.63, 3.8) is 0 Å². The van der Waals surface area contributed by atoms with Gasteiger partial charge in [-0.1, -0.05) is 12.8 Å². The molecule has 1 aliphatic carbocycles. The summed E-state index contributed by atoms with van der Waals surface area (Å²) in [5.74, 6) is 2.14. The zero-order valence-corrected chi connectivity index (χ0v) is 12.1. The van der Waals surface area contributed by atoms with E-state index in [0.717, 1.165) is 31.5 Å². The van der Waals surface area contributed by atoms with Crippen LogP contribution in [0.1, 0.15) is 49.8 Å². The van der Waals surface area contributed by atoms with Gasteiger partial charge in [-0.15, -0.1) is 0 Å². The van der Waals surface area contributed by atoms with E-state index in [9.17, 15) is 0 Å². The van der Waals surface area contributed by atoms with E-state index < -0.39 is 0 Å². The predicted molar refractivity (Wildman–Crippen MR) is 79.8 cm³/mol. The molecule has 3 aliphatic rings. The van der Waals surface area contributed by atoms with Gasteiger partial charge in [0.1, 0.15) is 12.1 Å². The molecule has 4 nitrogen and oxygen atoms in total. The number of aromatic nitrogens is 2. The fourth-order valence-corrected chi connectivity index (χ4v) is 4.39.